The fourth-order valence-electron chi connectivity index (χ4n) is 3.78. The Balaban J connectivity index is 1.62. The van der Waals surface area contributed by atoms with Crippen molar-refractivity contribution in [3.05, 3.63) is 64.5 Å². The molecule has 3 aliphatic rings. The van der Waals surface area contributed by atoms with E-state index in [9.17, 15) is 30.7 Å². The molecule has 3 fully saturated rings. The number of fused-ring (bicyclic) bond motifs is 3. The lowest BCUT2D eigenvalue weighted by molar-refractivity contribution is -0.481. The molecular weight excluding hydrogens is 449 g/mol. The Hall–Kier alpha value is -2.37. The molecule has 0 spiro atoms. The van der Waals surface area contributed by atoms with Crippen molar-refractivity contribution in [2.45, 2.75) is 31.8 Å². The van der Waals surface area contributed by atoms with Crippen molar-refractivity contribution in [3.63, 3.8) is 0 Å². The van der Waals surface area contributed by atoms with E-state index in [-0.39, 0.29) is 32.0 Å². The van der Waals surface area contributed by atoms with E-state index in [1.165, 1.54) is 0 Å². The van der Waals surface area contributed by atoms with Crippen LogP contribution in [-0.2, 0) is 26.3 Å². The smallest absolute Gasteiger partial charge is 0.429 e. The minimum absolute atomic E-state index is 0.143. The first kappa shape index (κ1) is 22.8. The number of ether oxygens (including phenoxy) is 4. The molecule has 0 N–H and O–H groups in total. The summed E-state index contributed by atoms with van der Waals surface area (Å²) in [6, 6.07) is 1.60. The van der Waals surface area contributed by atoms with Gasteiger partial charge < -0.3 is 18.9 Å². The summed E-state index contributed by atoms with van der Waals surface area (Å²) < 4.78 is 119. The first-order valence-corrected chi connectivity index (χ1v) is 9.65. The molecule has 2 bridgehead atoms. The van der Waals surface area contributed by atoms with Gasteiger partial charge in [0.1, 0.15) is 11.3 Å². The van der Waals surface area contributed by atoms with Gasteiger partial charge in [0, 0.05) is 17.5 Å². The van der Waals surface area contributed by atoms with Crippen LogP contribution in [0.5, 0.6) is 5.75 Å². The van der Waals surface area contributed by atoms with Gasteiger partial charge in [-0.15, -0.1) is 0 Å². The third-order valence-corrected chi connectivity index (χ3v) is 5.41. The summed E-state index contributed by atoms with van der Waals surface area (Å²) in [4.78, 5) is 0. The topological polar surface area (TPSA) is 36.9 Å². The van der Waals surface area contributed by atoms with Gasteiger partial charge in [-0.2, -0.15) is 8.78 Å². The van der Waals surface area contributed by atoms with Gasteiger partial charge in [0.15, 0.2) is 29.1 Å². The normalized spacial score (nSPS) is 25.2. The SMILES string of the molecule is CCCC12COC(c3ccc(C(F)(F)Oc4cc(F)c(F)c(F)c4)c(F)c3F)(OC1)OC2. The summed E-state index contributed by atoms with van der Waals surface area (Å²) in [5, 5.41) is 0. The molecule has 0 amide bonds. The van der Waals surface area contributed by atoms with E-state index in [1.807, 2.05) is 6.92 Å². The van der Waals surface area contributed by atoms with Gasteiger partial charge in [0.2, 0.25) is 0 Å². The zero-order chi connectivity index (χ0) is 23.3. The van der Waals surface area contributed by atoms with Crippen LogP contribution in [0.25, 0.3) is 0 Å². The van der Waals surface area contributed by atoms with E-state index < -0.39 is 63.5 Å². The Morgan fingerprint density at radius 3 is 1.97 bits per heavy atom. The molecule has 0 radical (unpaired) electrons. The molecule has 2 aromatic carbocycles. The molecule has 174 valence electrons. The summed E-state index contributed by atoms with van der Waals surface area (Å²) in [5.74, 6) is -12.4. The van der Waals surface area contributed by atoms with Gasteiger partial charge in [0.05, 0.1) is 25.4 Å². The highest BCUT2D eigenvalue weighted by Crippen LogP contribution is 2.48. The van der Waals surface area contributed by atoms with E-state index >= 15 is 0 Å². The summed E-state index contributed by atoms with van der Waals surface area (Å²) in [6.45, 7) is 2.38. The third-order valence-electron chi connectivity index (χ3n) is 5.41. The largest absolute Gasteiger partial charge is 0.429 e. The Bertz CT molecular complexity index is 996. The molecule has 32 heavy (non-hydrogen) atoms. The lowest BCUT2D eigenvalue weighted by Gasteiger charge is -2.51. The van der Waals surface area contributed by atoms with Gasteiger partial charge in [0.25, 0.3) is 0 Å². The zero-order valence-electron chi connectivity index (χ0n) is 16.6. The van der Waals surface area contributed by atoms with Gasteiger partial charge >= 0.3 is 12.1 Å². The van der Waals surface area contributed by atoms with Crippen LogP contribution in [0.3, 0.4) is 0 Å². The van der Waals surface area contributed by atoms with Gasteiger partial charge in [-0.3, -0.25) is 0 Å². The second-order valence-electron chi connectivity index (χ2n) is 7.78. The van der Waals surface area contributed by atoms with Crippen molar-refractivity contribution >= 4 is 0 Å². The Morgan fingerprint density at radius 1 is 0.875 bits per heavy atom. The van der Waals surface area contributed by atoms with Crippen molar-refractivity contribution in [2.75, 3.05) is 19.8 Å². The Labute approximate surface area is 177 Å². The molecule has 3 aliphatic heterocycles. The summed E-state index contributed by atoms with van der Waals surface area (Å²) in [5.41, 5.74) is -2.57. The molecule has 0 aliphatic carbocycles. The predicted molar refractivity (Wildman–Crippen MR) is 94.1 cm³/mol. The molecule has 0 aromatic heterocycles. The highest BCUT2D eigenvalue weighted by molar-refractivity contribution is 5.33. The van der Waals surface area contributed by atoms with Gasteiger partial charge in [-0.25, -0.2) is 22.0 Å². The van der Waals surface area contributed by atoms with E-state index in [0.29, 0.717) is 12.5 Å². The molecule has 0 atom stereocenters. The van der Waals surface area contributed by atoms with E-state index in [1.54, 1.807) is 0 Å². The predicted octanol–water partition coefficient (Wildman–Crippen LogP) is 5.48. The molecule has 2 aromatic rings. The van der Waals surface area contributed by atoms with Crippen molar-refractivity contribution in [1.82, 2.24) is 0 Å². The zero-order valence-corrected chi connectivity index (χ0v) is 16.6. The minimum atomic E-state index is -4.56. The van der Waals surface area contributed by atoms with Crippen molar-refractivity contribution in [3.8, 4) is 5.75 Å². The molecule has 5 rings (SSSR count). The summed E-state index contributed by atoms with van der Waals surface area (Å²) >= 11 is 0. The van der Waals surface area contributed by atoms with Crippen LogP contribution in [0.2, 0.25) is 0 Å². The second kappa shape index (κ2) is 7.89. The molecule has 4 nitrogen and oxygen atoms in total. The van der Waals surface area contributed by atoms with E-state index in [4.69, 9.17) is 14.2 Å². The highest BCUT2D eigenvalue weighted by Gasteiger charge is 2.55. The summed E-state index contributed by atoms with van der Waals surface area (Å²) in [6.07, 6.45) is -3.03. The first-order chi connectivity index (χ1) is 15.0. The fraction of sp³-hybridized carbons (Fsp3) is 0.429. The first-order valence-electron chi connectivity index (χ1n) is 9.65. The number of alkyl halides is 2. The van der Waals surface area contributed by atoms with Crippen molar-refractivity contribution in [1.29, 1.82) is 0 Å². The van der Waals surface area contributed by atoms with Gasteiger partial charge in [-0.1, -0.05) is 13.3 Å². The van der Waals surface area contributed by atoms with Crippen LogP contribution in [0.4, 0.5) is 30.7 Å². The Morgan fingerprint density at radius 2 is 1.44 bits per heavy atom. The van der Waals surface area contributed by atoms with Crippen LogP contribution in [0.1, 0.15) is 30.9 Å². The number of halogens is 7. The number of benzene rings is 2. The molecule has 0 saturated carbocycles. The molecule has 3 heterocycles. The van der Waals surface area contributed by atoms with Crippen molar-refractivity contribution < 1.29 is 49.7 Å². The van der Waals surface area contributed by atoms with Crippen LogP contribution in [-0.4, -0.2) is 19.8 Å². The number of rotatable bonds is 6. The fourth-order valence-corrected chi connectivity index (χ4v) is 3.78. The molecule has 3 saturated heterocycles. The van der Waals surface area contributed by atoms with Crippen LogP contribution in [0, 0.1) is 34.5 Å². The van der Waals surface area contributed by atoms with Crippen LogP contribution >= 0.6 is 0 Å². The Kier molecular flexibility index (Phi) is 5.62. The molecule has 11 heteroatoms. The van der Waals surface area contributed by atoms with Crippen molar-refractivity contribution in [2.24, 2.45) is 5.41 Å². The maximum absolute atomic E-state index is 14.8. The second-order valence-corrected chi connectivity index (χ2v) is 7.78. The monoisotopic (exact) mass is 466 g/mol. The lowest BCUT2D eigenvalue weighted by atomic mass is 9.83. The van der Waals surface area contributed by atoms with Crippen LogP contribution in [0.15, 0.2) is 24.3 Å². The highest BCUT2D eigenvalue weighted by atomic mass is 19.3. The molecular formula is C21H17F7O4. The average molecular weight is 466 g/mol. The van der Waals surface area contributed by atoms with Crippen LogP contribution < -0.4 is 4.74 Å². The quantitative estimate of drug-likeness (QED) is 0.417. The average Bonchev–Trinajstić information content (AvgIpc) is 2.74. The maximum Gasteiger partial charge on any atom is 0.429 e. The standard InChI is InChI=1S/C21H17F7O4/c1-2-5-19-8-29-21(30-9-19,31-10-19)13-4-3-12(16(24)17(13)25)20(27,28)32-11-6-14(22)18(26)15(23)7-11/h3-4,6-7H,2,5,8-10H2,1H3. The third kappa shape index (κ3) is 3.71. The van der Waals surface area contributed by atoms with Gasteiger partial charge in [-0.05, 0) is 18.6 Å². The number of hydrogen-bond acceptors (Lipinski definition) is 4. The molecule has 0 unspecified atom stereocenters. The van der Waals surface area contributed by atoms with E-state index in [0.717, 1.165) is 12.5 Å². The number of hydrogen-bond donors (Lipinski definition) is 0. The van der Waals surface area contributed by atoms with E-state index in [2.05, 4.69) is 4.74 Å². The minimum Gasteiger partial charge on any atom is -0.429 e. The lowest BCUT2D eigenvalue weighted by Crippen LogP contribution is -2.58. The summed E-state index contributed by atoms with van der Waals surface area (Å²) in [7, 11) is 0. The maximum atomic E-state index is 14.8.